The fourth-order valence-electron chi connectivity index (χ4n) is 14.8. The number of nitrogens with one attached hydrogen (secondary N) is 2. The zero-order valence-electron chi connectivity index (χ0n) is 66.0. The number of halogens is 1. The molecule has 0 saturated carbocycles. The van der Waals surface area contributed by atoms with Crippen LogP contribution in [0.4, 0.5) is 22.6 Å². The minimum atomic E-state index is -0.697. The van der Waals surface area contributed by atoms with Crippen LogP contribution >= 0.6 is 12.4 Å². The van der Waals surface area contributed by atoms with Gasteiger partial charge in [-0.3, -0.25) is 24.0 Å². The molecule has 6 aliphatic heterocycles. The first-order valence-electron chi connectivity index (χ1n) is 38.9. The Morgan fingerprint density at radius 1 is 0.465 bits per heavy atom. The van der Waals surface area contributed by atoms with Crippen LogP contribution in [0.2, 0.25) is 0 Å². The summed E-state index contributed by atoms with van der Waals surface area (Å²) in [5.74, 6) is 1.00. The van der Waals surface area contributed by atoms with Crippen molar-refractivity contribution < 1.29 is 61.9 Å². The number of benzene rings is 3. The fourth-order valence-corrected chi connectivity index (χ4v) is 14.8. The maximum atomic E-state index is 13.1. The minimum absolute atomic E-state index is 0. The van der Waals surface area contributed by atoms with Crippen molar-refractivity contribution in [2.75, 3.05) is 154 Å². The molecule has 34 heteroatoms. The lowest BCUT2D eigenvalue weighted by molar-refractivity contribution is -0.140. The highest BCUT2D eigenvalue weighted by atomic mass is 35.5. The SMILES string of the molecule is COC(=O)Cc1ccc(-c2nc(N3CCOCC3)nc3c2cnn3C2CCN(C(=O)[C@H](C)N)CC2)cc1.COC(=O)Cc1ccc(-c2nc(N3CCOCC3)nc3c2cnn3C2CCN(C(=O)[C@H](C)NC(=O)OC(C)(C)C)CC2)cc1.COC(=O)Cc1ccc(-c2nc(N3CCOCC3)nc3c2cnn3C2CCNCC2)cc1.Cl. The maximum absolute atomic E-state index is 13.1. The Labute approximate surface area is 667 Å². The van der Waals surface area contributed by atoms with Crippen molar-refractivity contribution in [2.45, 2.75) is 128 Å². The number of morpholine rings is 3. The standard InChI is InChI=1S/C31H41N7O6.C26H33N7O4.C23H28N6O3.ClH/c1-20(33-30(41)44-31(2,3)4)28(40)36-12-10-23(11-13-36)38-27-24(19-32-38)26(34-29(35-27)37-14-16-43-17-15-37)22-8-6-21(7-9-22)18-25(39)42-5;1-17(27)25(35)31-9-7-20(8-10-31)33-24-21(16-28-33)23(29-26(30-24)32-11-13-37-14-12-32)19-5-3-18(4-6-19)15-22(34)36-2;1-31-20(30)14-16-2-4-17(5-3-16)21-19-15-25-29(18-6-8-24-9-7-18)22(19)27-23(26-21)28-10-12-32-13-11-28;/h6-9,19-20,23H,10-18H2,1-5H3,(H,33,41);3-6,16-17,20H,7-15,27H2,1-2H3;2-5,15,18,24H,6-14H2,1H3;1H/t20-;17-;;/m00../s1. The molecule has 2 atom stereocenters. The van der Waals surface area contributed by atoms with E-state index in [0.29, 0.717) is 116 Å². The van der Waals surface area contributed by atoms with Crippen LogP contribution in [0.1, 0.15) is 108 Å². The number of likely N-dealkylation sites (tertiary alicyclic amines) is 2. The first-order valence-corrected chi connectivity index (χ1v) is 38.9. The number of methoxy groups -OCH3 is 3. The second-order valence-electron chi connectivity index (χ2n) is 30.0. The van der Waals surface area contributed by atoms with Crippen molar-refractivity contribution >= 4 is 99.2 Å². The van der Waals surface area contributed by atoms with E-state index in [2.05, 4.69) is 30.0 Å². The van der Waals surface area contributed by atoms with Gasteiger partial charge in [-0.25, -0.2) is 33.8 Å². The molecule has 33 nitrogen and oxygen atoms in total. The molecule has 608 valence electrons. The van der Waals surface area contributed by atoms with Crippen molar-refractivity contribution in [3.63, 3.8) is 0 Å². The number of amides is 3. The Balaban J connectivity index is 0.000000159. The molecule has 0 spiro atoms. The lowest BCUT2D eigenvalue weighted by Gasteiger charge is -2.34. The highest BCUT2D eigenvalue weighted by molar-refractivity contribution is 5.94. The summed E-state index contributed by atoms with van der Waals surface area (Å²) in [6.45, 7) is 21.2. The molecule has 6 aliphatic rings. The molecule has 4 N–H and O–H groups in total. The fraction of sp³-hybridized carbons (Fsp3) is 0.512. The molecule has 0 bridgehead atoms. The molecule has 15 rings (SSSR count). The van der Waals surface area contributed by atoms with Gasteiger partial charge in [0.15, 0.2) is 16.9 Å². The van der Waals surface area contributed by atoms with E-state index < -0.39 is 23.8 Å². The highest BCUT2D eigenvalue weighted by Gasteiger charge is 2.34. The summed E-state index contributed by atoms with van der Waals surface area (Å²) in [5, 5.41) is 23.0. The number of nitrogens with zero attached hydrogens (tertiary/aromatic N) is 17. The topological polar surface area (TPSA) is 364 Å². The van der Waals surface area contributed by atoms with Gasteiger partial charge in [-0.2, -0.15) is 30.2 Å². The number of carbonyl (C=O) groups is 6. The number of ether oxygens (including phenoxy) is 7. The summed E-state index contributed by atoms with van der Waals surface area (Å²) in [6.07, 6.45) is 10.6. The van der Waals surface area contributed by atoms with Gasteiger partial charge in [0.05, 0.1) is 156 Å². The number of carbonyl (C=O) groups excluding carboxylic acids is 6. The quantitative estimate of drug-likeness (QED) is 0.0571. The number of rotatable bonds is 18. The Morgan fingerprint density at radius 3 is 1.07 bits per heavy atom. The molecule has 6 fully saturated rings. The maximum Gasteiger partial charge on any atom is 0.408 e. The van der Waals surface area contributed by atoms with E-state index in [4.69, 9.17) is 84.1 Å². The van der Waals surface area contributed by atoms with Crippen LogP contribution in [0.15, 0.2) is 91.4 Å². The number of hydrogen-bond acceptors (Lipinski definition) is 27. The molecule has 12 heterocycles. The summed E-state index contributed by atoms with van der Waals surface area (Å²) in [4.78, 5) is 113. The second-order valence-corrected chi connectivity index (χ2v) is 30.0. The molecule has 114 heavy (non-hydrogen) atoms. The number of hydrogen-bond donors (Lipinski definition) is 3. The van der Waals surface area contributed by atoms with E-state index in [1.807, 2.05) is 99.5 Å². The molecule has 6 aromatic heterocycles. The van der Waals surface area contributed by atoms with Crippen molar-refractivity contribution in [1.82, 2.24) is 79.7 Å². The van der Waals surface area contributed by atoms with Gasteiger partial charge in [-0.05, 0) is 103 Å². The third-order valence-corrected chi connectivity index (χ3v) is 21.0. The Morgan fingerprint density at radius 2 is 0.772 bits per heavy atom. The molecular formula is C80H103ClN20O13. The van der Waals surface area contributed by atoms with E-state index in [-0.39, 0.29) is 73.5 Å². The van der Waals surface area contributed by atoms with Crippen LogP contribution in [-0.4, -0.2) is 262 Å². The molecule has 3 amide bonds. The number of fused-ring (bicyclic) bond motifs is 3. The average molecular weight is 1590 g/mol. The molecule has 9 aromatic rings. The normalized spacial score (nSPS) is 17.2. The number of aromatic nitrogens is 12. The third kappa shape index (κ3) is 20.1. The molecule has 6 saturated heterocycles. The summed E-state index contributed by atoms with van der Waals surface area (Å²) in [6, 6.07) is 22.7. The van der Waals surface area contributed by atoms with Crippen LogP contribution in [0.5, 0.6) is 0 Å². The lowest BCUT2D eigenvalue weighted by Crippen LogP contribution is -2.50. The number of anilines is 3. The molecule has 0 radical (unpaired) electrons. The Kier molecular flexibility index (Phi) is 27.6. The summed E-state index contributed by atoms with van der Waals surface area (Å²) >= 11 is 0. The molecule has 3 aromatic carbocycles. The van der Waals surface area contributed by atoms with E-state index in [0.717, 1.165) is 149 Å². The second kappa shape index (κ2) is 38.0. The first kappa shape index (κ1) is 82.9. The zero-order valence-corrected chi connectivity index (χ0v) is 66.9. The van der Waals surface area contributed by atoms with Crippen molar-refractivity contribution in [1.29, 1.82) is 0 Å². The highest BCUT2D eigenvalue weighted by Crippen LogP contribution is 2.37. The van der Waals surface area contributed by atoms with E-state index in [1.165, 1.54) is 21.3 Å². The number of piperidine rings is 3. The van der Waals surface area contributed by atoms with Gasteiger partial charge in [0.25, 0.3) is 0 Å². The van der Waals surface area contributed by atoms with Gasteiger partial charge in [0, 0.05) is 82.1 Å². The van der Waals surface area contributed by atoms with Gasteiger partial charge in [0.2, 0.25) is 29.7 Å². The number of nitrogens with two attached hydrogens (primary N) is 1. The first-order chi connectivity index (χ1) is 54.7. The van der Waals surface area contributed by atoms with Crippen LogP contribution in [0.25, 0.3) is 66.9 Å². The van der Waals surface area contributed by atoms with Gasteiger partial charge in [-0.15, -0.1) is 12.4 Å². The van der Waals surface area contributed by atoms with E-state index in [1.54, 1.807) is 45.7 Å². The molecule has 0 unspecified atom stereocenters. The Hall–Kier alpha value is -10.6. The van der Waals surface area contributed by atoms with Gasteiger partial charge in [0.1, 0.15) is 11.6 Å². The van der Waals surface area contributed by atoms with E-state index in [9.17, 15) is 28.8 Å². The monoisotopic (exact) mass is 1590 g/mol. The predicted molar refractivity (Wildman–Crippen MR) is 429 cm³/mol. The largest absolute Gasteiger partial charge is 0.469 e. The summed E-state index contributed by atoms with van der Waals surface area (Å²) < 4.78 is 42.3. The van der Waals surface area contributed by atoms with Crippen molar-refractivity contribution in [3.8, 4) is 33.8 Å². The smallest absolute Gasteiger partial charge is 0.408 e. The summed E-state index contributed by atoms with van der Waals surface area (Å²) in [7, 11) is 4.17. The zero-order chi connectivity index (χ0) is 79.3. The van der Waals surface area contributed by atoms with Crippen LogP contribution < -0.4 is 31.1 Å². The van der Waals surface area contributed by atoms with Crippen LogP contribution in [-0.2, 0) is 76.4 Å². The van der Waals surface area contributed by atoms with E-state index >= 15 is 0 Å². The van der Waals surface area contributed by atoms with Crippen molar-refractivity contribution in [2.24, 2.45) is 5.73 Å². The third-order valence-electron chi connectivity index (χ3n) is 21.0. The van der Waals surface area contributed by atoms with Gasteiger partial charge < -0.3 is 74.0 Å². The van der Waals surface area contributed by atoms with Crippen LogP contribution in [0, 0.1) is 0 Å². The predicted octanol–water partition coefficient (Wildman–Crippen LogP) is 7.07. The number of alkyl carbamates (subject to hydrolysis) is 1. The molecular weight excluding hydrogens is 1480 g/mol. The van der Waals surface area contributed by atoms with Crippen LogP contribution in [0.3, 0.4) is 0 Å². The minimum Gasteiger partial charge on any atom is -0.469 e. The summed E-state index contributed by atoms with van der Waals surface area (Å²) in [5.41, 5.74) is 15.4. The molecule has 0 aliphatic carbocycles. The van der Waals surface area contributed by atoms with Gasteiger partial charge in [-0.1, -0.05) is 72.8 Å². The lowest BCUT2D eigenvalue weighted by atomic mass is 10.0. The van der Waals surface area contributed by atoms with Gasteiger partial charge >= 0.3 is 24.0 Å². The average Bonchev–Trinajstić information content (AvgIpc) is 1.59. The van der Waals surface area contributed by atoms with Crippen molar-refractivity contribution in [3.05, 3.63) is 108 Å². The number of esters is 3. The Bertz CT molecular complexity index is 4780.